The zero-order valence-corrected chi connectivity index (χ0v) is 19.8. The summed E-state index contributed by atoms with van der Waals surface area (Å²) in [4.78, 5) is 38.3. The Bertz CT molecular complexity index is 1140. The lowest BCUT2D eigenvalue weighted by atomic mass is 10.0. The predicted molar refractivity (Wildman–Crippen MR) is 133 cm³/mol. The first-order chi connectivity index (χ1) is 16.4. The number of aromatic nitrogens is 2. The van der Waals surface area contributed by atoms with Gasteiger partial charge in [-0.3, -0.25) is 14.5 Å². The molecule has 1 aromatic heterocycles. The van der Waals surface area contributed by atoms with Crippen molar-refractivity contribution >= 4 is 28.5 Å². The van der Waals surface area contributed by atoms with Gasteiger partial charge in [-0.1, -0.05) is 56.3 Å². The first kappa shape index (κ1) is 23.6. The van der Waals surface area contributed by atoms with Crippen molar-refractivity contribution in [3.63, 3.8) is 0 Å². The monoisotopic (exact) mass is 460 g/mol. The second-order valence-corrected chi connectivity index (χ2v) is 9.09. The van der Waals surface area contributed by atoms with Crippen molar-refractivity contribution in [2.24, 2.45) is 11.7 Å². The lowest BCUT2D eigenvalue weighted by molar-refractivity contribution is -0.132. The van der Waals surface area contributed by atoms with E-state index in [1.165, 1.54) is 0 Å². The minimum Gasteiger partial charge on any atom is -0.368 e. The predicted octanol–water partition coefficient (Wildman–Crippen LogP) is 2.44. The molecule has 3 aromatic rings. The number of piperazine rings is 1. The van der Waals surface area contributed by atoms with Gasteiger partial charge in [0.2, 0.25) is 11.8 Å². The number of para-hydroxylation sites is 1. The molecule has 1 fully saturated rings. The fourth-order valence-electron chi connectivity index (χ4n) is 4.26. The lowest BCUT2D eigenvalue weighted by Gasteiger charge is -2.34. The van der Waals surface area contributed by atoms with Gasteiger partial charge in [0, 0.05) is 31.6 Å². The maximum atomic E-state index is 12.7. The van der Waals surface area contributed by atoms with Crippen LogP contribution in [0.15, 0.2) is 54.6 Å². The maximum Gasteiger partial charge on any atom is 0.240 e. The number of benzene rings is 2. The Morgan fingerprint density at radius 2 is 1.65 bits per heavy atom. The molecule has 1 aliphatic heterocycles. The van der Waals surface area contributed by atoms with E-state index in [0.717, 1.165) is 29.6 Å². The Morgan fingerprint density at radius 3 is 2.32 bits per heavy atom. The van der Waals surface area contributed by atoms with E-state index in [1.54, 1.807) is 0 Å². The van der Waals surface area contributed by atoms with E-state index in [2.05, 4.69) is 10.2 Å². The van der Waals surface area contributed by atoms with Crippen molar-refractivity contribution in [3.05, 3.63) is 66.0 Å². The van der Waals surface area contributed by atoms with Gasteiger partial charge in [0.05, 0.1) is 18.5 Å². The van der Waals surface area contributed by atoms with Gasteiger partial charge in [-0.15, -0.1) is 0 Å². The number of fused-ring (bicyclic) bond motifs is 1. The van der Waals surface area contributed by atoms with Crippen LogP contribution in [0.4, 0.5) is 5.82 Å². The van der Waals surface area contributed by atoms with Crippen LogP contribution in [0, 0.1) is 5.92 Å². The number of primary amides is 1. The van der Waals surface area contributed by atoms with Crippen molar-refractivity contribution in [1.29, 1.82) is 0 Å². The van der Waals surface area contributed by atoms with Crippen molar-refractivity contribution in [3.8, 4) is 0 Å². The van der Waals surface area contributed by atoms with Crippen LogP contribution >= 0.6 is 0 Å². The maximum absolute atomic E-state index is 12.7. The third-order valence-electron chi connectivity index (χ3n) is 6.20. The van der Waals surface area contributed by atoms with Gasteiger partial charge >= 0.3 is 0 Å². The summed E-state index contributed by atoms with van der Waals surface area (Å²) in [6, 6.07) is 17.1. The highest BCUT2D eigenvalue weighted by Crippen LogP contribution is 2.23. The molecule has 0 bridgehead atoms. The molecular formula is C26H32N6O2. The van der Waals surface area contributed by atoms with Crippen LogP contribution in [0.3, 0.4) is 0 Å². The fraction of sp³-hybridized carbons (Fsp3) is 0.385. The second-order valence-electron chi connectivity index (χ2n) is 9.09. The summed E-state index contributed by atoms with van der Waals surface area (Å²) in [5.41, 5.74) is 7.47. The summed E-state index contributed by atoms with van der Waals surface area (Å²) in [5, 5.41) is 4.10. The number of nitrogens with one attached hydrogen (secondary N) is 1. The molecule has 2 amide bonds. The molecular weight excluding hydrogens is 428 g/mol. The van der Waals surface area contributed by atoms with E-state index < -0.39 is 11.9 Å². The van der Waals surface area contributed by atoms with Crippen molar-refractivity contribution in [2.75, 3.05) is 31.5 Å². The molecule has 34 heavy (non-hydrogen) atoms. The third-order valence-corrected chi connectivity index (χ3v) is 6.20. The quantitative estimate of drug-likeness (QED) is 0.535. The van der Waals surface area contributed by atoms with E-state index in [4.69, 9.17) is 15.7 Å². The van der Waals surface area contributed by atoms with E-state index in [1.807, 2.05) is 73.3 Å². The number of nitrogens with two attached hydrogens (primary N) is 1. The molecule has 178 valence electrons. The Balaban J connectivity index is 1.43. The first-order valence-electron chi connectivity index (χ1n) is 11.8. The molecule has 0 saturated carbocycles. The molecule has 2 heterocycles. The second kappa shape index (κ2) is 10.6. The van der Waals surface area contributed by atoms with Crippen molar-refractivity contribution < 1.29 is 9.59 Å². The molecule has 3 N–H and O–H groups in total. The zero-order valence-electron chi connectivity index (χ0n) is 19.8. The Kier molecular flexibility index (Phi) is 7.37. The number of hydrogen-bond donors (Lipinski definition) is 2. The number of hydrogen-bond acceptors (Lipinski definition) is 6. The van der Waals surface area contributed by atoms with Crippen LogP contribution < -0.4 is 11.1 Å². The highest BCUT2D eigenvalue weighted by atomic mass is 16.2. The number of anilines is 1. The van der Waals surface area contributed by atoms with Crippen LogP contribution in [0.2, 0.25) is 0 Å². The highest BCUT2D eigenvalue weighted by Gasteiger charge is 2.24. The van der Waals surface area contributed by atoms with Gasteiger partial charge in [-0.2, -0.15) is 0 Å². The van der Waals surface area contributed by atoms with Crippen LogP contribution in [0.25, 0.3) is 10.9 Å². The molecule has 1 aliphatic rings. The lowest BCUT2D eigenvalue weighted by Crippen LogP contribution is -2.48. The van der Waals surface area contributed by atoms with Crippen LogP contribution in [0.5, 0.6) is 0 Å². The van der Waals surface area contributed by atoms with Gasteiger partial charge in [0.1, 0.15) is 17.7 Å². The SMILES string of the molecule is CC(C)[C@H](Nc1nc(CN2CCN(C(=O)Cc3ccccc3)CC2)nc2ccccc12)C(N)=O. The minimum absolute atomic E-state index is 0.0242. The molecule has 0 aliphatic carbocycles. The summed E-state index contributed by atoms with van der Waals surface area (Å²) >= 11 is 0. The van der Waals surface area contributed by atoms with Gasteiger partial charge < -0.3 is 16.0 Å². The molecule has 4 rings (SSSR count). The Morgan fingerprint density at radius 1 is 0.971 bits per heavy atom. The largest absolute Gasteiger partial charge is 0.368 e. The smallest absolute Gasteiger partial charge is 0.240 e. The number of amides is 2. The van der Waals surface area contributed by atoms with E-state index in [0.29, 0.717) is 37.7 Å². The number of carbonyl (C=O) groups is 2. The van der Waals surface area contributed by atoms with Crippen LogP contribution in [0.1, 0.15) is 25.2 Å². The standard InChI is InChI=1S/C26H32N6O2/c1-18(2)24(25(27)34)30-26-20-10-6-7-11-21(20)28-22(29-26)17-31-12-14-32(15-13-31)23(33)16-19-8-4-3-5-9-19/h3-11,18,24H,12-17H2,1-2H3,(H2,27,34)(H,28,29,30)/t24-/m0/s1. The molecule has 8 heteroatoms. The normalized spacial score (nSPS) is 15.4. The van der Waals surface area contributed by atoms with E-state index in [-0.39, 0.29) is 11.8 Å². The summed E-state index contributed by atoms with van der Waals surface area (Å²) < 4.78 is 0. The van der Waals surface area contributed by atoms with E-state index >= 15 is 0 Å². The summed E-state index contributed by atoms with van der Waals surface area (Å²) in [6.45, 7) is 7.35. The molecule has 1 atom stereocenters. The summed E-state index contributed by atoms with van der Waals surface area (Å²) in [5.74, 6) is 1.07. The summed E-state index contributed by atoms with van der Waals surface area (Å²) in [6.07, 6.45) is 0.431. The van der Waals surface area contributed by atoms with Gasteiger partial charge in [0.25, 0.3) is 0 Å². The average molecular weight is 461 g/mol. The Hall–Kier alpha value is -3.52. The van der Waals surface area contributed by atoms with Gasteiger partial charge in [-0.05, 0) is 23.6 Å². The van der Waals surface area contributed by atoms with Gasteiger partial charge in [0.15, 0.2) is 0 Å². The highest BCUT2D eigenvalue weighted by molar-refractivity contribution is 5.92. The summed E-state index contributed by atoms with van der Waals surface area (Å²) in [7, 11) is 0. The number of carbonyl (C=O) groups excluding carboxylic acids is 2. The molecule has 2 aromatic carbocycles. The van der Waals surface area contributed by atoms with Gasteiger partial charge in [-0.25, -0.2) is 9.97 Å². The molecule has 0 radical (unpaired) electrons. The van der Waals surface area contributed by atoms with E-state index in [9.17, 15) is 9.59 Å². The number of rotatable bonds is 8. The number of nitrogens with zero attached hydrogens (tertiary/aromatic N) is 4. The average Bonchev–Trinajstić information content (AvgIpc) is 2.83. The molecule has 0 spiro atoms. The van der Waals surface area contributed by atoms with Crippen LogP contribution in [-0.4, -0.2) is 63.8 Å². The van der Waals surface area contributed by atoms with Crippen LogP contribution in [-0.2, 0) is 22.6 Å². The zero-order chi connectivity index (χ0) is 24.1. The van der Waals surface area contributed by atoms with Crippen molar-refractivity contribution in [1.82, 2.24) is 19.8 Å². The third kappa shape index (κ3) is 5.69. The van der Waals surface area contributed by atoms with Crippen molar-refractivity contribution in [2.45, 2.75) is 32.9 Å². The Labute approximate surface area is 200 Å². The first-order valence-corrected chi connectivity index (χ1v) is 11.8. The molecule has 8 nitrogen and oxygen atoms in total. The molecule has 0 unspecified atom stereocenters. The topological polar surface area (TPSA) is 104 Å². The minimum atomic E-state index is -0.523. The fourth-order valence-corrected chi connectivity index (χ4v) is 4.26. The molecule has 1 saturated heterocycles.